The smallest absolute Gasteiger partial charge is 0.223 e. The minimum absolute atomic E-state index is 0.241. The molecule has 1 N–H and O–H groups in total. The third-order valence-corrected chi connectivity index (χ3v) is 12.8. The number of rotatable bonds is 5. The normalized spacial score (nSPS) is 33.2. The van der Waals surface area contributed by atoms with Crippen LogP contribution < -0.4 is 5.32 Å². The molecular formula is C23H34N2OS3. The van der Waals surface area contributed by atoms with Gasteiger partial charge in [-0.2, -0.15) is 0 Å². The van der Waals surface area contributed by atoms with Gasteiger partial charge in [-0.15, -0.1) is 34.9 Å². The molecule has 2 saturated carbocycles. The van der Waals surface area contributed by atoms with E-state index in [1.807, 2.05) is 11.3 Å². The summed E-state index contributed by atoms with van der Waals surface area (Å²) in [5.74, 6) is 5.54. The van der Waals surface area contributed by atoms with E-state index in [4.69, 9.17) is 0 Å². The Labute approximate surface area is 188 Å². The van der Waals surface area contributed by atoms with Gasteiger partial charge in [-0.1, -0.05) is 13.0 Å². The van der Waals surface area contributed by atoms with Crippen molar-refractivity contribution in [2.45, 2.75) is 55.6 Å². The number of piperidine rings is 1. The molecule has 4 aliphatic rings. The van der Waals surface area contributed by atoms with Gasteiger partial charge in [0.1, 0.15) is 0 Å². The fourth-order valence-electron chi connectivity index (χ4n) is 6.19. The predicted octanol–water partition coefficient (Wildman–Crippen LogP) is 5.25. The van der Waals surface area contributed by atoms with Crippen LogP contribution in [-0.4, -0.2) is 46.0 Å². The second-order valence-electron chi connectivity index (χ2n) is 9.55. The minimum Gasteiger partial charge on any atom is -0.354 e. The number of carbonyl (C=O) groups excluding carboxylic acids is 1. The number of amides is 1. The van der Waals surface area contributed by atoms with Crippen LogP contribution in [0.25, 0.3) is 0 Å². The quantitative estimate of drug-likeness (QED) is 0.664. The highest BCUT2D eigenvalue weighted by Crippen LogP contribution is 2.65. The highest BCUT2D eigenvalue weighted by atomic mass is 32.2. The first-order valence-electron chi connectivity index (χ1n) is 11.5. The maximum absolute atomic E-state index is 13.2. The Morgan fingerprint density at radius 1 is 1.17 bits per heavy atom. The molecule has 2 aliphatic heterocycles. The van der Waals surface area contributed by atoms with Gasteiger partial charge in [0.25, 0.3) is 0 Å². The van der Waals surface area contributed by atoms with Crippen LogP contribution in [0.5, 0.6) is 0 Å². The topological polar surface area (TPSA) is 32.3 Å². The molecule has 160 valence electrons. The average molecular weight is 451 g/mol. The summed E-state index contributed by atoms with van der Waals surface area (Å²) >= 11 is 6.28. The van der Waals surface area contributed by atoms with E-state index in [2.05, 4.69) is 58.2 Å². The van der Waals surface area contributed by atoms with E-state index in [0.29, 0.717) is 16.0 Å². The lowest BCUT2D eigenvalue weighted by Gasteiger charge is -2.42. The molecule has 4 fully saturated rings. The highest BCUT2D eigenvalue weighted by Gasteiger charge is 2.57. The molecule has 5 rings (SSSR count). The second-order valence-corrected chi connectivity index (χ2v) is 13.5. The second kappa shape index (κ2) is 8.76. The van der Waals surface area contributed by atoms with Crippen molar-refractivity contribution in [2.24, 2.45) is 23.7 Å². The van der Waals surface area contributed by atoms with Crippen molar-refractivity contribution >= 4 is 40.8 Å². The number of nitrogens with zero attached hydrogens (tertiary/aromatic N) is 1. The van der Waals surface area contributed by atoms with Gasteiger partial charge < -0.3 is 5.32 Å². The third kappa shape index (κ3) is 4.04. The number of hydrogen-bond acceptors (Lipinski definition) is 5. The van der Waals surface area contributed by atoms with Gasteiger partial charge >= 0.3 is 0 Å². The Bertz CT molecular complexity index is 679. The summed E-state index contributed by atoms with van der Waals surface area (Å²) in [6.07, 6.45) is 7.48. The molecule has 3 atom stereocenters. The van der Waals surface area contributed by atoms with E-state index in [1.165, 1.54) is 42.1 Å². The van der Waals surface area contributed by atoms with Crippen LogP contribution in [0.3, 0.4) is 0 Å². The Hall–Kier alpha value is -0.170. The highest BCUT2D eigenvalue weighted by molar-refractivity contribution is 8.21. The van der Waals surface area contributed by atoms with Gasteiger partial charge in [-0.05, 0) is 80.8 Å². The van der Waals surface area contributed by atoms with Gasteiger partial charge in [0.15, 0.2) is 0 Å². The van der Waals surface area contributed by atoms with Gasteiger partial charge in [0.2, 0.25) is 5.91 Å². The summed E-state index contributed by atoms with van der Waals surface area (Å²) in [5, 5.41) is 5.58. The molecule has 29 heavy (non-hydrogen) atoms. The first kappa shape index (κ1) is 20.7. The number of nitrogens with one attached hydrogen (secondary N) is 1. The Kier molecular flexibility index (Phi) is 6.26. The van der Waals surface area contributed by atoms with E-state index in [0.717, 1.165) is 50.2 Å². The summed E-state index contributed by atoms with van der Waals surface area (Å²) < 4.78 is 0.473. The minimum atomic E-state index is 0.241. The Morgan fingerprint density at radius 2 is 1.86 bits per heavy atom. The predicted molar refractivity (Wildman–Crippen MR) is 127 cm³/mol. The molecule has 3 unspecified atom stereocenters. The van der Waals surface area contributed by atoms with Gasteiger partial charge in [0.05, 0.1) is 10.1 Å². The molecule has 1 amide bonds. The number of carbonyl (C=O) groups is 1. The van der Waals surface area contributed by atoms with Crippen molar-refractivity contribution in [3.05, 3.63) is 22.4 Å². The molecule has 0 radical (unpaired) electrons. The summed E-state index contributed by atoms with van der Waals surface area (Å²) in [4.78, 5) is 17.2. The zero-order valence-corrected chi connectivity index (χ0v) is 19.9. The van der Waals surface area contributed by atoms with Crippen molar-refractivity contribution in [2.75, 3.05) is 31.1 Å². The van der Waals surface area contributed by atoms with Gasteiger partial charge in [0, 0.05) is 28.8 Å². The van der Waals surface area contributed by atoms with Crippen LogP contribution >= 0.6 is 34.9 Å². The van der Waals surface area contributed by atoms with E-state index in [1.54, 1.807) is 0 Å². The van der Waals surface area contributed by atoms with E-state index in [9.17, 15) is 4.79 Å². The third-order valence-electron chi connectivity index (χ3n) is 7.85. The SMILES string of the molecule is CC1CCN(C(CNC(=O)C2CC3CCC(C2)C32SCCS2)c2cccs2)CC1. The van der Waals surface area contributed by atoms with E-state index >= 15 is 0 Å². The van der Waals surface area contributed by atoms with Crippen LogP contribution in [0.2, 0.25) is 0 Å². The molecular weight excluding hydrogens is 416 g/mol. The fraction of sp³-hybridized carbons (Fsp3) is 0.783. The van der Waals surface area contributed by atoms with Gasteiger partial charge in [-0.25, -0.2) is 0 Å². The van der Waals surface area contributed by atoms with Crippen molar-refractivity contribution in [3.63, 3.8) is 0 Å². The summed E-state index contributed by atoms with van der Waals surface area (Å²) in [7, 11) is 0. The van der Waals surface area contributed by atoms with Crippen molar-refractivity contribution in [3.8, 4) is 0 Å². The largest absolute Gasteiger partial charge is 0.354 e. The lowest BCUT2D eigenvalue weighted by atomic mass is 9.79. The zero-order valence-electron chi connectivity index (χ0n) is 17.5. The maximum Gasteiger partial charge on any atom is 0.223 e. The standard InChI is InChI=1S/C23H34N2OS3/c1-16-6-8-25(9-7-16)20(21-3-2-10-27-21)15-24-22(26)17-13-18-4-5-19(14-17)23(18)28-11-12-29-23/h2-3,10,16-20H,4-9,11-15H2,1H3,(H,24,26). The van der Waals surface area contributed by atoms with Crippen LogP contribution in [0.1, 0.15) is 56.4 Å². The summed E-state index contributed by atoms with van der Waals surface area (Å²) in [6.45, 7) is 5.45. The molecule has 2 bridgehead atoms. The molecule has 1 aromatic heterocycles. The molecule has 3 heterocycles. The number of thiophene rings is 1. The summed E-state index contributed by atoms with van der Waals surface area (Å²) in [6, 6.07) is 4.74. The van der Waals surface area contributed by atoms with E-state index in [-0.39, 0.29) is 5.92 Å². The molecule has 0 aromatic carbocycles. The lowest BCUT2D eigenvalue weighted by Crippen LogP contribution is -2.46. The van der Waals surface area contributed by atoms with E-state index < -0.39 is 0 Å². The molecule has 3 nitrogen and oxygen atoms in total. The summed E-state index contributed by atoms with van der Waals surface area (Å²) in [5.41, 5.74) is 0. The number of hydrogen-bond donors (Lipinski definition) is 1. The zero-order chi connectivity index (χ0) is 19.8. The van der Waals surface area contributed by atoms with Crippen molar-refractivity contribution in [1.82, 2.24) is 10.2 Å². The van der Waals surface area contributed by atoms with Crippen LogP contribution in [0.15, 0.2) is 17.5 Å². The first-order valence-corrected chi connectivity index (χ1v) is 14.3. The van der Waals surface area contributed by atoms with Crippen LogP contribution in [-0.2, 0) is 4.79 Å². The number of likely N-dealkylation sites (tertiary alicyclic amines) is 1. The fourth-order valence-corrected chi connectivity index (χ4v) is 11.0. The first-order chi connectivity index (χ1) is 14.2. The molecule has 6 heteroatoms. The van der Waals surface area contributed by atoms with Crippen molar-refractivity contribution in [1.29, 1.82) is 0 Å². The molecule has 1 aromatic rings. The monoisotopic (exact) mass is 450 g/mol. The average Bonchev–Trinajstić information content (AvgIpc) is 3.46. The van der Waals surface area contributed by atoms with Gasteiger partial charge in [-0.3, -0.25) is 9.69 Å². The van der Waals surface area contributed by atoms with Crippen molar-refractivity contribution < 1.29 is 4.79 Å². The molecule has 1 spiro atoms. The Balaban J connectivity index is 1.21. The van der Waals surface area contributed by atoms with Crippen LogP contribution in [0.4, 0.5) is 0 Å². The lowest BCUT2D eigenvalue weighted by molar-refractivity contribution is -0.127. The molecule has 2 aliphatic carbocycles. The van der Waals surface area contributed by atoms with Crippen LogP contribution in [0, 0.1) is 23.7 Å². The molecule has 2 saturated heterocycles. The maximum atomic E-state index is 13.2. The Morgan fingerprint density at radius 3 is 2.48 bits per heavy atom. The number of thioether (sulfide) groups is 2.